The summed E-state index contributed by atoms with van der Waals surface area (Å²) in [6.45, 7) is 4.63. The third kappa shape index (κ3) is 3.98. The summed E-state index contributed by atoms with van der Waals surface area (Å²) in [4.78, 5) is 11.6. The molecule has 16 heavy (non-hydrogen) atoms. The van der Waals surface area contributed by atoms with Gasteiger partial charge in [-0.15, -0.1) is 0 Å². The first-order valence-electron chi connectivity index (χ1n) is 6.06. The van der Waals surface area contributed by atoms with Crippen molar-refractivity contribution in [3.05, 3.63) is 0 Å². The van der Waals surface area contributed by atoms with E-state index in [9.17, 15) is 4.79 Å². The third-order valence-corrected chi connectivity index (χ3v) is 3.04. The van der Waals surface area contributed by atoms with E-state index in [1.807, 2.05) is 0 Å². The van der Waals surface area contributed by atoms with E-state index >= 15 is 0 Å². The molecule has 1 saturated heterocycles. The number of unbranched alkanes of at least 4 members (excludes halogenated alkanes) is 1. The summed E-state index contributed by atoms with van der Waals surface area (Å²) in [5.41, 5.74) is 5.47. The van der Waals surface area contributed by atoms with E-state index in [0.29, 0.717) is 19.8 Å². The van der Waals surface area contributed by atoms with Crippen LogP contribution in [-0.4, -0.2) is 37.9 Å². The first-order valence-corrected chi connectivity index (χ1v) is 6.06. The highest BCUT2D eigenvalue weighted by molar-refractivity contribution is 5.74. The topological polar surface area (TPSA) is 76.4 Å². The Morgan fingerprint density at radius 3 is 2.69 bits per heavy atom. The number of hydrogen-bond acceptors (Lipinski definition) is 3. The molecule has 0 aromatic rings. The zero-order valence-corrected chi connectivity index (χ0v) is 10.1. The summed E-state index contributed by atoms with van der Waals surface area (Å²) >= 11 is 0. The standard InChI is InChI=1S/C11H23N3O2/c1-2-3-6-13-10(15)14-11(9-12)4-7-16-8-5-11/h2-9,12H2,1H3,(H2,13,14,15). The van der Waals surface area contributed by atoms with Crippen LogP contribution in [0.1, 0.15) is 32.6 Å². The van der Waals surface area contributed by atoms with Crippen LogP contribution in [-0.2, 0) is 4.74 Å². The van der Waals surface area contributed by atoms with Crippen LogP contribution in [0, 0.1) is 0 Å². The smallest absolute Gasteiger partial charge is 0.315 e. The van der Waals surface area contributed by atoms with Crippen LogP contribution in [0.4, 0.5) is 4.79 Å². The monoisotopic (exact) mass is 229 g/mol. The zero-order valence-electron chi connectivity index (χ0n) is 10.1. The molecule has 1 heterocycles. The highest BCUT2D eigenvalue weighted by atomic mass is 16.5. The van der Waals surface area contributed by atoms with Crippen LogP contribution < -0.4 is 16.4 Å². The molecular formula is C11H23N3O2. The number of ether oxygens (including phenoxy) is 1. The number of nitrogens with one attached hydrogen (secondary N) is 2. The second-order valence-electron chi connectivity index (χ2n) is 4.33. The highest BCUT2D eigenvalue weighted by Gasteiger charge is 2.32. The lowest BCUT2D eigenvalue weighted by Crippen LogP contribution is -2.58. The second-order valence-corrected chi connectivity index (χ2v) is 4.33. The Bertz CT molecular complexity index is 215. The van der Waals surface area contributed by atoms with Crippen molar-refractivity contribution in [2.24, 2.45) is 5.73 Å². The Kier molecular flexibility index (Phi) is 5.55. The molecule has 0 saturated carbocycles. The zero-order chi connectivity index (χ0) is 11.9. The fraction of sp³-hybridized carbons (Fsp3) is 0.909. The Morgan fingerprint density at radius 1 is 1.44 bits per heavy atom. The maximum atomic E-state index is 11.6. The number of nitrogens with two attached hydrogens (primary N) is 1. The lowest BCUT2D eigenvalue weighted by atomic mass is 9.90. The normalized spacial score (nSPS) is 19.1. The van der Waals surface area contributed by atoms with Crippen LogP contribution >= 0.6 is 0 Å². The van der Waals surface area contributed by atoms with Gasteiger partial charge in [-0.3, -0.25) is 0 Å². The minimum absolute atomic E-state index is 0.110. The molecule has 0 aliphatic carbocycles. The quantitative estimate of drug-likeness (QED) is 0.604. The van der Waals surface area contributed by atoms with Gasteiger partial charge in [0.2, 0.25) is 0 Å². The van der Waals surface area contributed by atoms with Crippen molar-refractivity contribution in [1.29, 1.82) is 0 Å². The maximum absolute atomic E-state index is 11.6. The third-order valence-electron chi connectivity index (χ3n) is 3.04. The van der Waals surface area contributed by atoms with E-state index in [-0.39, 0.29) is 11.6 Å². The fourth-order valence-electron chi connectivity index (χ4n) is 1.81. The van der Waals surface area contributed by atoms with Crippen molar-refractivity contribution in [2.75, 3.05) is 26.3 Å². The number of rotatable bonds is 5. The number of carbonyl (C=O) groups excluding carboxylic acids is 1. The van der Waals surface area contributed by atoms with Gasteiger partial charge in [-0.2, -0.15) is 0 Å². The van der Waals surface area contributed by atoms with Crippen LogP contribution in [0.15, 0.2) is 0 Å². The minimum Gasteiger partial charge on any atom is -0.381 e. The number of urea groups is 1. The summed E-state index contributed by atoms with van der Waals surface area (Å²) in [5.74, 6) is 0. The van der Waals surface area contributed by atoms with Gasteiger partial charge < -0.3 is 21.1 Å². The average Bonchev–Trinajstić information content (AvgIpc) is 2.30. The second kappa shape index (κ2) is 6.70. The van der Waals surface area contributed by atoms with Crippen molar-refractivity contribution >= 4 is 6.03 Å². The molecular weight excluding hydrogens is 206 g/mol. The van der Waals surface area contributed by atoms with Crippen molar-refractivity contribution in [2.45, 2.75) is 38.1 Å². The van der Waals surface area contributed by atoms with Crippen molar-refractivity contribution < 1.29 is 9.53 Å². The lowest BCUT2D eigenvalue weighted by molar-refractivity contribution is 0.0455. The van der Waals surface area contributed by atoms with E-state index in [0.717, 1.165) is 32.2 Å². The van der Waals surface area contributed by atoms with Crippen LogP contribution in [0.25, 0.3) is 0 Å². The summed E-state index contributed by atoms with van der Waals surface area (Å²) in [7, 11) is 0. The highest BCUT2D eigenvalue weighted by Crippen LogP contribution is 2.18. The molecule has 0 bridgehead atoms. The molecule has 0 aromatic carbocycles. The molecule has 0 aromatic heterocycles. The summed E-state index contributed by atoms with van der Waals surface area (Å²) in [6.07, 6.45) is 3.68. The molecule has 5 heteroatoms. The molecule has 0 spiro atoms. The predicted octanol–water partition coefficient (Wildman–Crippen LogP) is 0.594. The van der Waals surface area contributed by atoms with Gasteiger partial charge in [0.25, 0.3) is 0 Å². The van der Waals surface area contributed by atoms with E-state index in [2.05, 4.69) is 17.6 Å². The van der Waals surface area contributed by atoms with E-state index < -0.39 is 0 Å². The van der Waals surface area contributed by atoms with Crippen molar-refractivity contribution in [3.8, 4) is 0 Å². The van der Waals surface area contributed by atoms with Crippen LogP contribution in [0.2, 0.25) is 0 Å². The molecule has 4 N–H and O–H groups in total. The number of hydrogen-bond donors (Lipinski definition) is 3. The number of carbonyl (C=O) groups is 1. The molecule has 0 radical (unpaired) electrons. The fourth-order valence-corrected chi connectivity index (χ4v) is 1.81. The summed E-state index contributed by atoms with van der Waals surface area (Å²) in [6, 6.07) is -0.110. The summed E-state index contributed by atoms with van der Waals surface area (Å²) < 4.78 is 5.28. The van der Waals surface area contributed by atoms with E-state index in [1.54, 1.807) is 0 Å². The van der Waals surface area contributed by atoms with Crippen LogP contribution in [0.5, 0.6) is 0 Å². The van der Waals surface area contributed by atoms with Gasteiger partial charge in [0.05, 0.1) is 5.54 Å². The predicted molar refractivity (Wildman–Crippen MR) is 63.3 cm³/mol. The SMILES string of the molecule is CCCCNC(=O)NC1(CN)CCOCC1. The molecule has 5 nitrogen and oxygen atoms in total. The molecule has 1 rings (SSSR count). The molecule has 1 aliphatic rings. The van der Waals surface area contributed by atoms with Gasteiger partial charge in [0, 0.05) is 26.3 Å². The molecule has 2 amide bonds. The average molecular weight is 229 g/mol. The Morgan fingerprint density at radius 2 is 2.12 bits per heavy atom. The Balaban J connectivity index is 2.33. The van der Waals surface area contributed by atoms with Gasteiger partial charge in [-0.05, 0) is 19.3 Å². The van der Waals surface area contributed by atoms with Crippen molar-refractivity contribution in [1.82, 2.24) is 10.6 Å². The molecule has 1 aliphatic heterocycles. The minimum atomic E-state index is -0.269. The molecule has 94 valence electrons. The largest absolute Gasteiger partial charge is 0.381 e. The Hall–Kier alpha value is -0.810. The van der Waals surface area contributed by atoms with Gasteiger partial charge in [0.15, 0.2) is 0 Å². The van der Waals surface area contributed by atoms with Gasteiger partial charge in [0.1, 0.15) is 0 Å². The van der Waals surface area contributed by atoms with Gasteiger partial charge in [-0.1, -0.05) is 13.3 Å². The summed E-state index contributed by atoms with van der Waals surface area (Å²) in [5, 5.41) is 5.83. The van der Waals surface area contributed by atoms with Gasteiger partial charge in [-0.25, -0.2) is 4.79 Å². The first kappa shape index (κ1) is 13.3. The van der Waals surface area contributed by atoms with E-state index in [1.165, 1.54) is 0 Å². The molecule has 0 unspecified atom stereocenters. The number of amides is 2. The lowest BCUT2D eigenvalue weighted by Gasteiger charge is -2.36. The van der Waals surface area contributed by atoms with Crippen LogP contribution in [0.3, 0.4) is 0 Å². The molecule has 1 fully saturated rings. The first-order chi connectivity index (χ1) is 7.72. The van der Waals surface area contributed by atoms with E-state index in [4.69, 9.17) is 10.5 Å². The maximum Gasteiger partial charge on any atom is 0.315 e. The van der Waals surface area contributed by atoms with Gasteiger partial charge >= 0.3 is 6.03 Å². The Labute approximate surface area is 97.1 Å². The van der Waals surface area contributed by atoms with Crippen molar-refractivity contribution in [3.63, 3.8) is 0 Å². The molecule has 0 atom stereocenters.